The molecule has 0 amide bonds. The van der Waals surface area contributed by atoms with Crippen LogP contribution >= 0.6 is 0 Å². The van der Waals surface area contributed by atoms with Crippen LogP contribution in [-0.2, 0) is 31.1 Å². The molecule has 1 atom stereocenters. The summed E-state index contributed by atoms with van der Waals surface area (Å²) in [5.74, 6) is 0.491. The average Bonchev–Trinajstić information content (AvgIpc) is 2.83. The van der Waals surface area contributed by atoms with Crippen LogP contribution < -0.4 is 0 Å². The lowest BCUT2D eigenvalue weighted by molar-refractivity contribution is -0.122. The molecule has 0 fully saturated rings. The van der Waals surface area contributed by atoms with Crippen molar-refractivity contribution in [2.24, 2.45) is 13.0 Å². The minimum atomic E-state index is 0.164. The lowest BCUT2D eigenvalue weighted by atomic mass is 9.81. The van der Waals surface area contributed by atoms with E-state index in [9.17, 15) is 4.79 Å². The van der Waals surface area contributed by atoms with Gasteiger partial charge >= 0.3 is 0 Å². The summed E-state index contributed by atoms with van der Waals surface area (Å²) in [6, 6.07) is 10.4. The minimum absolute atomic E-state index is 0.164. The zero-order valence-electron chi connectivity index (χ0n) is 11.2. The first-order valence-corrected chi connectivity index (χ1v) is 6.80. The molecular weight excluding hydrogens is 236 g/mol. The second kappa shape index (κ2) is 5.00. The molecule has 0 N–H and O–H groups in total. The van der Waals surface area contributed by atoms with Gasteiger partial charge in [-0.1, -0.05) is 24.3 Å². The van der Waals surface area contributed by atoms with Crippen LogP contribution in [0.5, 0.6) is 0 Å². The molecule has 0 spiro atoms. The predicted molar refractivity (Wildman–Crippen MR) is 73.9 cm³/mol. The topological polar surface area (TPSA) is 34.9 Å². The highest BCUT2D eigenvalue weighted by atomic mass is 16.1. The molecule has 1 aromatic carbocycles. The smallest absolute Gasteiger partial charge is 0.142 e. The Hall–Kier alpha value is -1.90. The first kappa shape index (κ1) is 12.2. The van der Waals surface area contributed by atoms with Gasteiger partial charge in [-0.15, -0.1) is 0 Å². The van der Waals surface area contributed by atoms with Crippen molar-refractivity contribution >= 4 is 5.78 Å². The molecule has 1 aromatic heterocycles. The number of nitrogens with zero attached hydrogens (tertiary/aromatic N) is 2. The van der Waals surface area contributed by atoms with E-state index in [-0.39, 0.29) is 5.92 Å². The van der Waals surface area contributed by atoms with Crippen LogP contribution in [0.3, 0.4) is 0 Å². The summed E-state index contributed by atoms with van der Waals surface area (Å²) in [6.07, 6.45) is 5.24. The highest BCUT2D eigenvalue weighted by Gasteiger charge is 2.24. The van der Waals surface area contributed by atoms with Crippen LogP contribution in [0.25, 0.3) is 0 Å². The molecule has 0 radical (unpaired) electrons. The largest absolute Gasteiger partial charge is 0.299 e. The number of aryl methyl sites for hydroxylation is 2. The van der Waals surface area contributed by atoms with Gasteiger partial charge in [0.25, 0.3) is 0 Å². The number of carbonyl (C=O) groups is 1. The van der Waals surface area contributed by atoms with E-state index < -0.39 is 0 Å². The van der Waals surface area contributed by atoms with E-state index in [1.165, 1.54) is 11.1 Å². The van der Waals surface area contributed by atoms with Crippen molar-refractivity contribution in [3.8, 4) is 0 Å². The predicted octanol–water partition coefficient (Wildman–Crippen LogP) is 2.34. The summed E-state index contributed by atoms with van der Waals surface area (Å²) in [4.78, 5) is 12.3. The first-order valence-electron chi connectivity index (χ1n) is 6.80. The van der Waals surface area contributed by atoms with Gasteiger partial charge in [0, 0.05) is 19.2 Å². The van der Waals surface area contributed by atoms with Crippen LogP contribution in [0.4, 0.5) is 0 Å². The fraction of sp³-hybridized carbons (Fsp3) is 0.375. The number of hydrogen-bond donors (Lipinski definition) is 0. The average molecular weight is 254 g/mol. The Bertz CT molecular complexity index is 600. The molecule has 0 saturated carbocycles. The van der Waals surface area contributed by atoms with Gasteiger partial charge < -0.3 is 0 Å². The number of aromatic nitrogens is 2. The molecule has 3 heteroatoms. The van der Waals surface area contributed by atoms with Gasteiger partial charge in [0.1, 0.15) is 5.78 Å². The van der Waals surface area contributed by atoms with Crippen molar-refractivity contribution in [3.63, 3.8) is 0 Å². The number of hydrogen-bond acceptors (Lipinski definition) is 2. The van der Waals surface area contributed by atoms with Crippen molar-refractivity contribution < 1.29 is 4.79 Å². The van der Waals surface area contributed by atoms with Crippen molar-refractivity contribution in [1.29, 1.82) is 0 Å². The van der Waals surface area contributed by atoms with Crippen molar-refractivity contribution in [2.75, 3.05) is 0 Å². The summed E-state index contributed by atoms with van der Waals surface area (Å²) >= 11 is 0. The summed E-state index contributed by atoms with van der Waals surface area (Å²) in [7, 11) is 1.88. The van der Waals surface area contributed by atoms with Gasteiger partial charge in [0.2, 0.25) is 0 Å². The van der Waals surface area contributed by atoms with Gasteiger partial charge in [0.15, 0.2) is 0 Å². The van der Waals surface area contributed by atoms with Crippen LogP contribution in [-0.4, -0.2) is 15.6 Å². The Balaban J connectivity index is 1.69. The molecule has 0 aliphatic heterocycles. The number of ketones is 1. The Morgan fingerprint density at radius 1 is 1.32 bits per heavy atom. The third-order valence-electron chi connectivity index (χ3n) is 3.93. The number of fused-ring (bicyclic) bond motifs is 1. The van der Waals surface area contributed by atoms with Gasteiger partial charge in [-0.05, 0) is 36.5 Å². The Morgan fingerprint density at radius 3 is 2.84 bits per heavy atom. The molecule has 3 rings (SSSR count). The maximum absolute atomic E-state index is 12.3. The van der Waals surface area contributed by atoms with Crippen molar-refractivity contribution in [1.82, 2.24) is 9.78 Å². The molecule has 1 aliphatic carbocycles. The number of carbonyl (C=O) groups excluding carboxylic acids is 1. The van der Waals surface area contributed by atoms with E-state index in [1.54, 1.807) is 4.68 Å². The van der Waals surface area contributed by atoms with Crippen LogP contribution in [0, 0.1) is 5.92 Å². The molecule has 1 aliphatic rings. The lowest BCUT2D eigenvalue weighted by Gasteiger charge is -2.23. The second-order valence-corrected chi connectivity index (χ2v) is 5.33. The van der Waals surface area contributed by atoms with E-state index >= 15 is 0 Å². The quantitative estimate of drug-likeness (QED) is 0.842. The molecular formula is C16H18N2O. The minimum Gasteiger partial charge on any atom is -0.299 e. The third kappa shape index (κ3) is 2.60. The zero-order valence-corrected chi connectivity index (χ0v) is 11.2. The zero-order chi connectivity index (χ0) is 13.2. The Labute approximate surface area is 113 Å². The maximum Gasteiger partial charge on any atom is 0.142 e. The van der Waals surface area contributed by atoms with Gasteiger partial charge in [0.05, 0.1) is 12.1 Å². The summed E-state index contributed by atoms with van der Waals surface area (Å²) in [5.41, 5.74) is 3.63. The van der Waals surface area contributed by atoms with Crippen LogP contribution in [0.1, 0.15) is 23.2 Å². The molecule has 19 heavy (non-hydrogen) atoms. The highest BCUT2D eigenvalue weighted by molar-refractivity contribution is 5.83. The summed E-state index contributed by atoms with van der Waals surface area (Å²) < 4.78 is 1.75. The second-order valence-electron chi connectivity index (χ2n) is 5.33. The number of rotatable bonds is 3. The fourth-order valence-corrected chi connectivity index (χ4v) is 2.85. The van der Waals surface area contributed by atoms with E-state index in [0.29, 0.717) is 12.2 Å². The van der Waals surface area contributed by atoms with E-state index in [0.717, 1.165) is 25.0 Å². The molecule has 0 bridgehead atoms. The molecule has 3 nitrogen and oxygen atoms in total. The standard InChI is InChI=1S/C16H18N2O/c1-18-9-8-15(17-18)11-16(19)14-7-6-12-4-2-3-5-13(12)10-14/h2-5,8-9,14H,6-7,10-11H2,1H3. The highest BCUT2D eigenvalue weighted by Crippen LogP contribution is 2.26. The van der Waals surface area contributed by atoms with E-state index in [2.05, 4.69) is 29.4 Å². The third-order valence-corrected chi connectivity index (χ3v) is 3.93. The van der Waals surface area contributed by atoms with Crippen LogP contribution in [0.2, 0.25) is 0 Å². The molecule has 0 saturated heterocycles. The SMILES string of the molecule is Cn1ccc(CC(=O)C2CCc3ccccc3C2)n1. The van der Waals surface area contributed by atoms with Crippen molar-refractivity contribution in [2.45, 2.75) is 25.7 Å². The van der Waals surface area contributed by atoms with Crippen LogP contribution in [0.15, 0.2) is 36.5 Å². The molecule has 98 valence electrons. The molecule has 1 heterocycles. The Kier molecular flexibility index (Phi) is 3.20. The summed E-state index contributed by atoms with van der Waals surface area (Å²) in [5, 5.41) is 4.29. The lowest BCUT2D eigenvalue weighted by Crippen LogP contribution is -2.24. The number of benzene rings is 1. The van der Waals surface area contributed by atoms with Gasteiger partial charge in [-0.25, -0.2) is 0 Å². The Morgan fingerprint density at radius 2 is 2.11 bits per heavy atom. The van der Waals surface area contributed by atoms with Crippen molar-refractivity contribution in [3.05, 3.63) is 53.3 Å². The maximum atomic E-state index is 12.3. The summed E-state index contributed by atoms with van der Waals surface area (Å²) in [6.45, 7) is 0. The normalized spacial score (nSPS) is 18.1. The first-order chi connectivity index (χ1) is 9.22. The molecule has 2 aromatic rings. The number of Topliss-reactive ketones (excluding diaryl/α,β-unsaturated/α-hetero) is 1. The molecule has 1 unspecified atom stereocenters. The van der Waals surface area contributed by atoms with Gasteiger partial charge in [-0.3, -0.25) is 9.48 Å². The van der Waals surface area contributed by atoms with E-state index in [4.69, 9.17) is 0 Å². The van der Waals surface area contributed by atoms with E-state index in [1.807, 2.05) is 19.3 Å². The monoisotopic (exact) mass is 254 g/mol. The fourth-order valence-electron chi connectivity index (χ4n) is 2.85. The van der Waals surface area contributed by atoms with Gasteiger partial charge in [-0.2, -0.15) is 5.10 Å².